The number of hydrogen-bond donors (Lipinski definition) is 2. The van der Waals surface area contributed by atoms with Crippen LogP contribution < -0.4 is 10.1 Å². The number of methoxy groups -OCH3 is 1. The molecule has 0 bridgehead atoms. The molecule has 0 fully saturated rings. The van der Waals surface area contributed by atoms with Gasteiger partial charge in [-0.05, 0) is 37.3 Å². The fraction of sp³-hybridized carbons (Fsp3) is 0.227. The summed E-state index contributed by atoms with van der Waals surface area (Å²) in [5, 5.41) is 13.9. The standard InChI is InChI=1S/C22H21FN4O3/c1-22(11-19(27-30-22)17-5-3-4-6-18(17)23)21(28)24-12-15-13-25-26-20(15)14-7-9-16(29-2)10-8-14/h3-10,13H,11-12H2,1-2H3,(H,24,28)(H,25,26)/t22-/m0/s1. The number of rotatable bonds is 6. The average Bonchev–Trinajstić information content (AvgIpc) is 3.40. The Bertz CT molecular complexity index is 1090. The van der Waals surface area contributed by atoms with E-state index in [1.807, 2.05) is 24.3 Å². The van der Waals surface area contributed by atoms with Crippen molar-refractivity contribution >= 4 is 11.6 Å². The largest absolute Gasteiger partial charge is 0.497 e. The first kappa shape index (κ1) is 19.6. The molecular formula is C22H21FN4O3. The minimum Gasteiger partial charge on any atom is -0.497 e. The van der Waals surface area contributed by atoms with E-state index in [9.17, 15) is 9.18 Å². The van der Waals surface area contributed by atoms with Gasteiger partial charge in [0.2, 0.25) is 5.60 Å². The van der Waals surface area contributed by atoms with Gasteiger partial charge < -0.3 is 14.9 Å². The molecule has 1 aromatic heterocycles. The summed E-state index contributed by atoms with van der Waals surface area (Å²) >= 11 is 0. The van der Waals surface area contributed by atoms with Crippen LogP contribution in [-0.4, -0.2) is 34.5 Å². The highest BCUT2D eigenvalue weighted by Gasteiger charge is 2.42. The number of nitrogens with zero attached hydrogens (tertiary/aromatic N) is 2. The number of amides is 1. The van der Waals surface area contributed by atoms with E-state index in [2.05, 4.69) is 20.7 Å². The molecule has 1 aliphatic rings. The lowest BCUT2D eigenvalue weighted by Crippen LogP contribution is -2.44. The number of aromatic amines is 1. The van der Waals surface area contributed by atoms with Gasteiger partial charge in [0, 0.05) is 29.7 Å². The molecule has 3 aromatic rings. The summed E-state index contributed by atoms with van der Waals surface area (Å²) < 4.78 is 19.2. The zero-order valence-corrected chi connectivity index (χ0v) is 16.6. The van der Waals surface area contributed by atoms with Gasteiger partial charge in [0.15, 0.2) is 0 Å². The number of ether oxygens (including phenoxy) is 1. The second-order valence-electron chi connectivity index (χ2n) is 7.20. The van der Waals surface area contributed by atoms with Crippen LogP contribution in [0.15, 0.2) is 59.9 Å². The lowest BCUT2D eigenvalue weighted by molar-refractivity contribution is -0.141. The van der Waals surface area contributed by atoms with E-state index < -0.39 is 11.4 Å². The molecule has 2 heterocycles. The predicted molar refractivity (Wildman–Crippen MR) is 109 cm³/mol. The summed E-state index contributed by atoms with van der Waals surface area (Å²) in [4.78, 5) is 18.2. The molecule has 2 N–H and O–H groups in total. The van der Waals surface area contributed by atoms with E-state index in [1.54, 1.807) is 38.4 Å². The number of benzene rings is 2. The minimum absolute atomic E-state index is 0.177. The maximum Gasteiger partial charge on any atom is 0.267 e. The number of nitrogens with one attached hydrogen (secondary N) is 2. The Morgan fingerprint density at radius 3 is 2.77 bits per heavy atom. The fourth-order valence-electron chi connectivity index (χ4n) is 3.32. The summed E-state index contributed by atoms with van der Waals surface area (Å²) in [5.74, 6) is 0.0246. The maximum absolute atomic E-state index is 14.0. The smallest absolute Gasteiger partial charge is 0.267 e. The Labute approximate surface area is 172 Å². The van der Waals surface area contributed by atoms with Crippen LogP contribution in [-0.2, 0) is 16.2 Å². The van der Waals surface area contributed by atoms with Crippen LogP contribution in [0, 0.1) is 5.82 Å². The summed E-state index contributed by atoms with van der Waals surface area (Å²) in [7, 11) is 1.61. The second-order valence-corrected chi connectivity index (χ2v) is 7.20. The van der Waals surface area contributed by atoms with Gasteiger partial charge in [0.05, 0.1) is 24.7 Å². The molecular weight excluding hydrogens is 387 g/mol. The van der Waals surface area contributed by atoms with Gasteiger partial charge in [0.25, 0.3) is 5.91 Å². The van der Waals surface area contributed by atoms with Crippen LogP contribution in [0.1, 0.15) is 24.5 Å². The van der Waals surface area contributed by atoms with Crippen LogP contribution in [0.25, 0.3) is 11.3 Å². The number of halogens is 1. The summed E-state index contributed by atoms with van der Waals surface area (Å²) in [6.07, 6.45) is 1.84. The van der Waals surface area contributed by atoms with Crippen molar-refractivity contribution in [2.75, 3.05) is 7.11 Å². The lowest BCUT2D eigenvalue weighted by Gasteiger charge is -2.20. The van der Waals surface area contributed by atoms with Crippen molar-refractivity contribution in [3.05, 3.63) is 71.7 Å². The lowest BCUT2D eigenvalue weighted by atomic mass is 9.94. The molecule has 1 aliphatic heterocycles. The van der Waals surface area contributed by atoms with E-state index in [0.29, 0.717) is 11.3 Å². The summed E-state index contributed by atoms with van der Waals surface area (Å²) in [6.45, 7) is 1.89. The van der Waals surface area contributed by atoms with Crippen LogP contribution in [0.3, 0.4) is 0 Å². The molecule has 0 saturated heterocycles. The van der Waals surface area contributed by atoms with Crippen molar-refractivity contribution < 1.29 is 18.8 Å². The second kappa shape index (κ2) is 7.98. The average molecular weight is 408 g/mol. The van der Waals surface area contributed by atoms with Gasteiger partial charge in [-0.1, -0.05) is 23.4 Å². The van der Waals surface area contributed by atoms with Crippen molar-refractivity contribution in [2.45, 2.75) is 25.5 Å². The molecule has 0 saturated carbocycles. The Morgan fingerprint density at radius 2 is 2.03 bits per heavy atom. The fourth-order valence-corrected chi connectivity index (χ4v) is 3.32. The van der Waals surface area contributed by atoms with Crippen LogP contribution >= 0.6 is 0 Å². The molecule has 4 rings (SSSR count). The van der Waals surface area contributed by atoms with E-state index in [0.717, 1.165) is 22.6 Å². The first-order valence-corrected chi connectivity index (χ1v) is 9.45. The minimum atomic E-state index is -1.21. The summed E-state index contributed by atoms with van der Waals surface area (Å²) in [5.41, 5.74) is 2.09. The topological polar surface area (TPSA) is 88.6 Å². The number of H-pyrrole nitrogens is 1. The molecule has 0 spiro atoms. The third-order valence-corrected chi connectivity index (χ3v) is 5.06. The third-order valence-electron chi connectivity index (χ3n) is 5.06. The molecule has 7 nitrogen and oxygen atoms in total. The molecule has 1 atom stereocenters. The molecule has 8 heteroatoms. The Hall–Kier alpha value is -3.68. The number of aromatic nitrogens is 2. The predicted octanol–water partition coefficient (Wildman–Crippen LogP) is 3.42. The molecule has 2 aromatic carbocycles. The third kappa shape index (κ3) is 3.76. The number of carbonyl (C=O) groups excluding carboxylic acids is 1. The van der Waals surface area contributed by atoms with Crippen molar-refractivity contribution in [2.24, 2.45) is 5.16 Å². The van der Waals surface area contributed by atoms with Crippen molar-refractivity contribution in [3.8, 4) is 17.0 Å². The van der Waals surface area contributed by atoms with Crippen LogP contribution in [0.5, 0.6) is 5.75 Å². The normalized spacial score (nSPS) is 17.9. The quantitative estimate of drug-likeness (QED) is 0.654. The summed E-state index contributed by atoms with van der Waals surface area (Å²) in [6, 6.07) is 13.8. The SMILES string of the molecule is COc1ccc(-c2[nH]ncc2CNC(=O)[C@]2(C)CC(c3ccccc3F)=NO2)cc1. The Balaban J connectivity index is 1.42. The molecule has 0 radical (unpaired) electrons. The molecule has 154 valence electrons. The van der Waals surface area contributed by atoms with Crippen molar-refractivity contribution in [1.82, 2.24) is 15.5 Å². The number of carbonyl (C=O) groups is 1. The number of oxime groups is 1. The number of hydrogen-bond acceptors (Lipinski definition) is 5. The Kier molecular flexibility index (Phi) is 5.22. The van der Waals surface area contributed by atoms with Gasteiger partial charge in [-0.2, -0.15) is 5.10 Å². The maximum atomic E-state index is 14.0. The van der Waals surface area contributed by atoms with Crippen molar-refractivity contribution in [3.63, 3.8) is 0 Å². The van der Waals surface area contributed by atoms with Gasteiger partial charge in [-0.25, -0.2) is 4.39 Å². The zero-order chi connectivity index (χ0) is 21.1. The molecule has 30 heavy (non-hydrogen) atoms. The van der Waals surface area contributed by atoms with E-state index >= 15 is 0 Å². The van der Waals surface area contributed by atoms with Crippen molar-refractivity contribution in [1.29, 1.82) is 0 Å². The molecule has 0 aliphatic carbocycles. The van der Waals surface area contributed by atoms with E-state index in [1.165, 1.54) is 6.07 Å². The first-order valence-electron chi connectivity index (χ1n) is 9.45. The Morgan fingerprint density at radius 1 is 1.27 bits per heavy atom. The van der Waals surface area contributed by atoms with E-state index in [4.69, 9.17) is 9.57 Å². The first-order chi connectivity index (χ1) is 14.5. The van der Waals surface area contributed by atoms with E-state index in [-0.39, 0.29) is 18.9 Å². The van der Waals surface area contributed by atoms with Gasteiger partial charge in [-0.3, -0.25) is 9.89 Å². The van der Waals surface area contributed by atoms with Gasteiger partial charge >= 0.3 is 0 Å². The highest BCUT2D eigenvalue weighted by Crippen LogP contribution is 2.28. The monoisotopic (exact) mass is 408 g/mol. The van der Waals surface area contributed by atoms with Crippen LogP contribution in [0.4, 0.5) is 4.39 Å². The van der Waals surface area contributed by atoms with Crippen LogP contribution in [0.2, 0.25) is 0 Å². The van der Waals surface area contributed by atoms with Gasteiger partial charge in [-0.15, -0.1) is 0 Å². The molecule has 1 amide bonds. The highest BCUT2D eigenvalue weighted by atomic mass is 19.1. The highest BCUT2D eigenvalue weighted by molar-refractivity contribution is 6.05. The zero-order valence-electron chi connectivity index (χ0n) is 16.6. The van der Waals surface area contributed by atoms with Gasteiger partial charge in [0.1, 0.15) is 11.6 Å². The molecule has 0 unspecified atom stereocenters.